The molecule has 2 aromatic heterocycles. The van der Waals surface area contributed by atoms with Gasteiger partial charge >= 0.3 is 0 Å². The molecule has 0 bridgehead atoms. The summed E-state index contributed by atoms with van der Waals surface area (Å²) in [5.41, 5.74) is 1.58. The van der Waals surface area contributed by atoms with Gasteiger partial charge in [0.1, 0.15) is 0 Å². The molecule has 1 aliphatic rings. The summed E-state index contributed by atoms with van der Waals surface area (Å²) < 4.78 is 35.1. The van der Waals surface area contributed by atoms with Crippen molar-refractivity contribution in [3.8, 4) is 6.07 Å². The lowest BCUT2D eigenvalue weighted by atomic mass is 10.2. The van der Waals surface area contributed by atoms with Crippen molar-refractivity contribution in [3.05, 3.63) is 69.5 Å². The highest BCUT2D eigenvalue weighted by Crippen LogP contribution is 2.25. The summed E-state index contributed by atoms with van der Waals surface area (Å²) >= 11 is 0. The molecule has 0 amide bonds. The van der Waals surface area contributed by atoms with Gasteiger partial charge in [-0.15, -0.1) is 0 Å². The number of benzene rings is 1. The van der Waals surface area contributed by atoms with Gasteiger partial charge in [-0.2, -0.15) is 28.3 Å². The van der Waals surface area contributed by atoms with Crippen molar-refractivity contribution in [2.75, 3.05) is 39.4 Å². The third-order valence-electron chi connectivity index (χ3n) is 5.66. The van der Waals surface area contributed by atoms with E-state index in [0.717, 1.165) is 10.5 Å². The molecule has 0 radical (unpaired) electrons. The number of rotatable bonds is 8. The van der Waals surface area contributed by atoms with E-state index in [1.807, 2.05) is 0 Å². The van der Waals surface area contributed by atoms with Gasteiger partial charge in [0.2, 0.25) is 0 Å². The molecular weight excluding hydrogens is 474 g/mol. The number of nitro groups is 1. The topological polar surface area (TPSA) is 146 Å². The van der Waals surface area contributed by atoms with Gasteiger partial charge in [-0.1, -0.05) is 6.07 Å². The second-order valence-electron chi connectivity index (χ2n) is 7.91. The van der Waals surface area contributed by atoms with E-state index in [-0.39, 0.29) is 17.1 Å². The minimum atomic E-state index is -4.21. The van der Waals surface area contributed by atoms with E-state index in [4.69, 9.17) is 4.74 Å². The zero-order valence-corrected chi connectivity index (χ0v) is 19.8. The first kappa shape index (κ1) is 24.3. The molecule has 3 heterocycles. The SMILES string of the molecule is Cc1ccc([N+](=O)[O-])cc1S(=O)(=O)N(CCN1CCOCC1)/N=C/c1cnn2ccc(C#N)cc12. The highest BCUT2D eigenvalue weighted by Gasteiger charge is 2.28. The number of pyridine rings is 1. The Kier molecular flexibility index (Phi) is 7.06. The third kappa shape index (κ3) is 5.29. The number of nitrogens with zero attached hydrogens (tertiary/aromatic N) is 7. The Hall–Kier alpha value is -3.86. The van der Waals surface area contributed by atoms with Gasteiger partial charge in [0.05, 0.1) is 59.1 Å². The molecule has 0 spiro atoms. The van der Waals surface area contributed by atoms with Crippen LogP contribution in [0.5, 0.6) is 0 Å². The van der Waals surface area contributed by atoms with Crippen LogP contribution in [-0.4, -0.2) is 77.9 Å². The number of hydrogen-bond donors (Lipinski definition) is 0. The Morgan fingerprint density at radius 1 is 1.31 bits per heavy atom. The van der Waals surface area contributed by atoms with Gasteiger partial charge in [0, 0.05) is 43.5 Å². The van der Waals surface area contributed by atoms with Gasteiger partial charge < -0.3 is 4.74 Å². The van der Waals surface area contributed by atoms with Crippen molar-refractivity contribution < 1.29 is 18.1 Å². The Labute approximate surface area is 201 Å². The Morgan fingerprint density at radius 3 is 2.80 bits per heavy atom. The zero-order chi connectivity index (χ0) is 25.0. The summed E-state index contributed by atoms with van der Waals surface area (Å²) in [5, 5.41) is 28.9. The highest BCUT2D eigenvalue weighted by atomic mass is 32.2. The monoisotopic (exact) mass is 497 g/mol. The number of hydrazone groups is 1. The maximum Gasteiger partial charge on any atom is 0.279 e. The molecule has 35 heavy (non-hydrogen) atoms. The summed E-state index contributed by atoms with van der Waals surface area (Å²) in [6.07, 6.45) is 4.52. The smallest absolute Gasteiger partial charge is 0.279 e. The van der Waals surface area contributed by atoms with Gasteiger partial charge in [-0.05, 0) is 24.6 Å². The van der Waals surface area contributed by atoms with Crippen LogP contribution in [0.3, 0.4) is 0 Å². The van der Waals surface area contributed by atoms with Crippen molar-refractivity contribution in [3.63, 3.8) is 0 Å². The molecule has 1 aromatic carbocycles. The van der Waals surface area contributed by atoms with Gasteiger partial charge in [0.15, 0.2) is 0 Å². The van der Waals surface area contributed by atoms with Crippen LogP contribution in [-0.2, 0) is 14.8 Å². The highest BCUT2D eigenvalue weighted by molar-refractivity contribution is 7.89. The molecular formula is C22H23N7O5S. The number of fused-ring (bicyclic) bond motifs is 1. The van der Waals surface area contributed by atoms with Crippen LogP contribution in [0.15, 0.2) is 52.7 Å². The third-order valence-corrected chi connectivity index (χ3v) is 7.48. The van der Waals surface area contributed by atoms with E-state index in [1.165, 1.54) is 24.5 Å². The summed E-state index contributed by atoms with van der Waals surface area (Å²) in [5.74, 6) is 0. The normalized spacial score (nSPS) is 14.9. The number of aromatic nitrogens is 2. The number of sulfonamides is 1. The lowest BCUT2D eigenvalue weighted by Gasteiger charge is -2.28. The number of morpholine rings is 1. The molecule has 182 valence electrons. The average molecular weight is 498 g/mol. The first-order chi connectivity index (χ1) is 16.8. The van der Waals surface area contributed by atoms with E-state index in [0.29, 0.717) is 55.1 Å². The maximum atomic E-state index is 13.6. The summed E-state index contributed by atoms with van der Waals surface area (Å²) in [6.45, 7) is 4.46. The average Bonchev–Trinajstić information content (AvgIpc) is 3.26. The van der Waals surface area contributed by atoms with Crippen LogP contribution in [0.25, 0.3) is 5.52 Å². The van der Waals surface area contributed by atoms with Crippen molar-refractivity contribution in [1.29, 1.82) is 5.26 Å². The van der Waals surface area contributed by atoms with E-state index in [9.17, 15) is 23.8 Å². The number of nitro benzene ring substituents is 1. The van der Waals surface area contributed by atoms with Crippen LogP contribution in [0.4, 0.5) is 5.69 Å². The van der Waals surface area contributed by atoms with E-state index >= 15 is 0 Å². The standard InChI is InChI=1S/C22H23N7O5S/c1-17-2-3-20(29(30)31)13-22(17)35(32,33)28(7-6-26-8-10-34-11-9-26)25-16-19-15-24-27-5-4-18(14-23)12-21(19)27/h2-5,12-13,15-16H,6-11H2,1H3/b25-16+. The van der Waals surface area contributed by atoms with Crippen molar-refractivity contribution >= 4 is 27.4 Å². The first-order valence-electron chi connectivity index (χ1n) is 10.8. The largest absolute Gasteiger partial charge is 0.379 e. The zero-order valence-electron chi connectivity index (χ0n) is 18.9. The quantitative estimate of drug-likeness (QED) is 0.260. The minimum absolute atomic E-state index is 0.0314. The fraction of sp³-hybridized carbons (Fsp3) is 0.318. The number of hydrogen-bond acceptors (Lipinski definition) is 9. The molecule has 1 saturated heterocycles. The number of ether oxygens (including phenoxy) is 1. The van der Waals surface area contributed by atoms with Gasteiger partial charge in [-0.25, -0.2) is 4.52 Å². The van der Waals surface area contributed by atoms with Gasteiger partial charge in [-0.3, -0.25) is 15.0 Å². The Morgan fingerprint density at radius 2 is 2.09 bits per heavy atom. The van der Waals surface area contributed by atoms with Crippen LogP contribution < -0.4 is 0 Å². The predicted octanol–water partition coefficient (Wildman–Crippen LogP) is 1.78. The molecule has 0 saturated carbocycles. The Bertz CT molecular complexity index is 1420. The van der Waals surface area contributed by atoms with E-state index in [2.05, 4.69) is 21.2 Å². The summed E-state index contributed by atoms with van der Waals surface area (Å²) in [4.78, 5) is 12.5. The molecule has 0 unspecified atom stereocenters. The molecule has 1 aliphatic heterocycles. The first-order valence-corrected chi connectivity index (χ1v) is 12.2. The van der Waals surface area contributed by atoms with E-state index < -0.39 is 14.9 Å². The molecule has 1 fully saturated rings. The second kappa shape index (κ2) is 10.2. The van der Waals surface area contributed by atoms with Crippen LogP contribution in [0.1, 0.15) is 16.7 Å². The molecule has 3 aromatic rings. The minimum Gasteiger partial charge on any atom is -0.379 e. The fourth-order valence-corrected chi connectivity index (χ4v) is 5.15. The lowest BCUT2D eigenvalue weighted by molar-refractivity contribution is -0.385. The summed E-state index contributed by atoms with van der Waals surface area (Å²) in [6, 6.07) is 9.03. The number of non-ortho nitro benzene ring substituents is 1. The van der Waals surface area contributed by atoms with E-state index in [1.54, 1.807) is 29.8 Å². The molecule has 12 nitrogen and oxygen atoms in total. The fourth-order valence-electron chi connectivity index (χ4n) is 3.68. The number of aryl methyl sites for hydroxylation is 1. The van der Waals surface area contributed by atoms with Crippen LogP contribution in [0, 0.1) is 28.4 Å². The molecule has 0 aliphatic carbocycles. The second-order valence-corrected chi connectivity index (χ2v) is 9.72. The van der Waals surface area contributed by atoms with Crippen LogP contribution in [0.2, 0.25) is 0 Å². The maximum absolute atomic E-state index is 13.6. The predicted molar refractivity (Wildman–Crippen MR) is 126 cm³/mol. The summed E-state index contributed by atoms with van der Waals surface area (Å²) in [7, 11) is -4.21. The molecule has 0 N–H and O–H groups in total. The Balaban J connectivity index is 1.70. The van der Waals surface area contributed by atoms with Crippen molar-refractivity contribution in [2.24, 2.45) is 5.10 Å². The number of nitriles is 1. The van der Waals surface area contributed by atoms with Gasteiger partial charge in [0.25, 0.3) is 15.7 Å². The molecule has 4 rings (SSSR count). The van der Waals surface area contributed by atoms with Crippen molar-refractivity contribution in [1.82, 2.24) is 18.9 Å². The molecule has 13 heteroatoms. The van der Waals surface area contributed by atoms with Crippen LogP contribution >= 0.6 is 0 Å². The van der Waals surface area contributed by atoms with Crippen molar-refractivity contribution in [2.45, 2.75) is 11.8 Å². The lowest BCUT2D eigenvalue weighted by Crippen LogP contribution is -2.41. The molecule has 0 atom stereocenters.